The third kappa shape index (κ3) is 2.55. The molecule has 5 nitrogen and oxygen atoms in total. The van der Waals surface area contributed by atoms with Gasteiger partial charge in [0.15, 0.2) is 0 Å². The second kappa shape index (κ2) is 5.72. The highest BCUT2D eigenvalue weighted by Gasteiger charge is 2.16. The second-order valence-corrected chi connectivity index (χ2v) is 6.94. The Morgan fingerprint density at radius 2 is 2.17 bits per heavy atom. The predicted molar refractivity (Wildman–Crippen MR) is 96.2 cm³/mol. The highest BCUT2D eigenvalue weighted by molar-refractivity contribution is 7.18. The van der Waals surface area contributed by atoms with Crippen LogP contribution in [0.15, 0.2) is 42.7 Å². The van der Waals surface area contributed by atoms with Gasteiger partial charge in [0.05, 0.1) is 22.3 Å². The minimum absolute atomic E-state index is 0.0516. The molecule has 0 spiro atoms. The summed E-state index contributed by atoms with van der Waals surface area (Å²) >= 11 is 1.62. The topological polar surface area (TPSA) is 61.9 Å². The zero-order valence-corrected chi connectivity index (χ0v) is 14.2. The summed E-state index contributed by atoms with van der Waals surface area (Å²) in [7, 11) is 1.79. The van der Waals surface area contributed by atoms with Crippen molar-refractivity contribution < 1.29 is 4.79 Å². The first-order chi connectivity index (χ1) is 11.6. The van der Waals surface area contributed by atoms with Crippen molar-refractivity contribution in [2.45, 2.75) is 13.5 Å². The second-order valence-electron chi connectivity index (χ2n) is 5.83. The van der Waals surface area contributed by atoms with Gasteiger partial charge >= 0.3 is 0 Å². The lowest BCUT2D eigenvalue weighted by Crippen LogP contribution is -2.26. The van der Waals surface area contributed by atoms with Crippen molar-refractivity contribution in [2.75, 3.05) is 7.05 Å². The maximum atomic E-state index is 12.7. The molecule has 1 amide bonds. The van der Waals surface area contributed by atoms with Crippen LogP contribution in [0.3, 0.4) is 0 Å². The number of aryl methyl sites for hydroxylation is 1. The van der Waals surface area contributed by atoms with Crippen LogP contribution in [0.5, 0.6) is 0 Å². The van der Waals surface area contributed by atoms with Crippen molar-refractivity contribution in [1.82, 2.24) is 19.9 Å². The molecule has 0 fully saturated rings. The van der Waals surface area contributed by atoms with Crippen LogP contribution in [0.4, 0.5) is 0 Å². The summed E-state index contributed by atoms with van der Waals surface area (Å²) in [6.07, 6.45) is 3.52. The minimum atomic E-state index is -0.0516. The number of rotatable bonds is 3. The van der Waals surface area contributed by atoms with E-state index in [1.807, 2.05) is 43.5 Å². The first-order valence-electron chi connectivity index (χ1n) is 7.65. The number of para-hydroxylation sites is 1. The van der Waals surface area contributed by atoms with Crippen LogP contribution >= 0.6 is 11.3 Å². The number of aromatic nitrogens is 3. The molecule has 0 unspecified atom stereocenters. The summed E-state index contributed by atoms with van der Waals surface area (Å²) in [5, 5.41) is 1.91. The molecule has 1 N–H and O–H groups in total. The lowest BCUT2D eigenvalue weighted by atomic mass is 10.1. The molecule has 0 saturated carbocycles. The Hall–Kier alpha value is -2.73. The van der Waals surface area contributed by atoms with Gasteiger partial charge in [-0.25, -0.2) is 9.97 Å². The average Bonchev–Trinajstić information content (AvgIpc) is 3.17. The number of benzene rings is 1. The van der Waals surface area contributed by atoms with E-state index < -0.39 is 0 Å². The molecular weight excluding hydrogens is 320 g/mol. The number of amides is 1. The maximum Gasteiger partial charge on any atom is 0.255 e. The Morgan fingerprint density at radius 3 is 3.00 bits per heavy atom. The summed E-state index contributed by atoms with van der Waals surface area (Å²) in [5.41, 5.74) is 3.46. The third-order valence-electron chi connectivity index (χ3n) is 4.04. The van der Waals surface area contributed by atoms with Gasteiger partial charge in [-0.15, -0.1) is 11.3 Å². The quantitative estimate of drug-likeness (QED) is 0.620. The molecule has 6 heteroatoms. The molecule has 1 aromatic carbocycles. The van der Waals surface area contributed by atoms with Crippen LogP contribution in [-0.4, -0.2) is 32.8 Å². The number of thiazole rings is 1. The van der Waals surface area contributed by atoms with Crippen LogP contribution < -0.4 is 0 Å². The summed E-state index contributed by atoms with van der Waals surface area (Å²) in [6.45, 7) is 2.49. The number of nitrogens with one attached hydrogen (secondary N) is 1. The van der Waals surface area contributed by atoms with E-state index in [-0.39, 0.29) is 5.91 Å². The molecule has 0 aliphatic heterocycles. The lowest BCUT2D eigenvalue weighted by Gasteiger charge is -2.15. The number of fused-ring (bicyclic) bond motifs is 2. The molecule has 3 aromatic heterocycles. The first-order valence-corrected chi connectivity index (χ1v) is 8.47. The van der Waals surface area contributed by atoms with E-state index >= 15 is 0 Å². The maximum absolute atomic E-state index is 12.7. The fraction of sp³-hybridized carbons (Fsp3) is 0.167. The molecule has 3 heterocycles. The normalized spacial score (nSPS) is 11.2. The number of nitrogens with zero attached hydrogens (tertiary/aromatic N) is 3. The van der Waals surface area contributed by atoms with Gasteiger partial charge in [0.25, 0.3) is 5.91 Å². The van der Waals surface area contributed by atoms with Crippen molar-refractivity contribution >= 4 is 38.5 Å². The Morgan fingerprint density at radius 1 is 1.33 bits per heavy atom. The number of carbonyl (C=O) groups excluding carboxylic acids is 1. The number of carbonyl (C=O) groups is 1. The molecule has 0 atom stereocenters. The Balaban J connectivity index is 1.59. The highest BCUT2D eigenvalue weighted by atomic mass is 32.1. The Labute approximate surface area is 143 Å². The predicted octanol–water partition coefficient (Wildman–Crippen LogP) is 3.75. The van der Waals surface area contributed by atoms with E-state index in [2.05, 4.69) is 15.0 Å². The molecule has 0 aliphatic carbocycles. The standard InChI is InChI=1S/C18H16N4OS/c1-11-8-19-17-13(11)7-12(9-20-17)18(23)22(2)10-16-21-14-5-3-4-6-15(14)24-16/h3-9H,10H2,1-2H3,(H,19,20). The smallest absolute Gasteiger partial charge is 0.255 e. The molecule has 0 saturated heterocycles. The number of H-pyrrole nitrogens is 1. The minimum Gasteiger partial charge on any atom is -0.346 e. The highest BCUT2D eigenvalue weighted by Crippen LogP contribution is 2.23. The van der Waals surface area contributed by atoms with Crippen LogP contribution in [0.2, 0.25) is 0 Å². The fourth-order valence-electron chi connectivity index (χ4n) is 2.73. The van der Waals surface area contributed by atoms with E-state index in [0.717, 1.165) is 31.8 Å². The van der Waals surface area contributed by atoms with Crippen molar-refractivity contribution in [3.8, 4) is 0 Å². The van der Waals surface area contributed by atoms with Crippen LogP contribution in [0, 0.1) is 6.92 Å². The van der Waals surface area contributed by atoms with Crippen molar-refractivity contribution in [3.05, 3.63) is 58.9 Å². The van der Waals surface area contributed by atoms with E-state index in [1.54, 1.807) is 29.5 Å². The number of hydrogen-bond donors (Lipinski definition) is 1. The van der Waals surface area contributed by atoms with E-state index in [4.69, 9.17) is 0 Å². The van der Waals surface area contributed by atoms with E-state index in [0.29, 0.717) is 12.1 Å². The molecule has 0 aliphatic rings. The van der Waals surface area contributed by atoms with Crippen LogP contribution in [0.25, 0.3) is 21.3 Å². The molecular formula is C18H16N4OS. The number of hydrogen-bond acceptors (Lipinski definition) is 4. The SMILES string of the molecule is Cc1c[nH]c2ncc(C(=O)N(C)Cc3nc4ccccc4s3)cc12. The zero-order chi connectivity index (χ0) is 16.7. The number of pyridine rings is 1. The van der Waals surface area contributed by atoms with Crippen LogP contribution in [-0.2, 0) is 6.54 Å². The van der Waals surface area contributed by atoms with Gasteiger partial charge in [0.2, 0.25) is 0 Å². The number of aromatic amines is 1. The largest absolute Gasteiger partial charge is 0.346 e. The first kappa shape index (κ1) is 14.8. The Kier molecular flexibility index (Phi) is 3.54. The Bertz CT molecular complexity index is 1020. The van der Waals surface area contributed by atoms with Gasteiger partial charge in [-0.3, -0.25) is 4.79 Å². The zero-order valence-electron chi connectivity index (χ0n) is 13.4. The molecule has 0 radical (unpaired) electrons. The summed E-state index contributed by atoms with van der Waals surface area (Å²) < 4.78 is 1.14. The summed E-state index contributed by atoms with van der Waals surface area (Å²) in [5.74, 6) is -0.0516. The third-order valence-corrected chi connectivity index (χ3v) is 5.06. The molecule has 4 aromatic rings. The van der Waals surface area contributed by atoms with Gasteiger partial charge in [-0.05, 0) is 30.7 Å². The summed E-state index contributed by atoms with van der Waals surface area (Å²) in [4.78, 5) is 26.4. The molecule has 0 bridgehead atoms. The summed E-state index contributed by atoms with van der Waals surface area (Å²) in [6, 6.07) is 9.90. The molecule has 4 rings (SSSR count). The van der Waals surface area contributed by atoms with Gasteiger partial charge in [-0.2, -0.15) is 0 Å². The van der Waals surface area contributed by atoms with Gasteiger partial charge in [0.1, 0.15) is 10.7 Å². The monoisotopic (exact) mass is 336 g/mol. The van der Waals surface area contributed by atoms with Gasteiger partial charge in [0, 0.05) is 24.8 Å². The average molecular weight is 336 g/mol. The van der Waals surface area contributed by atoms with Crippen LogP contribution in [0.1, 0.15) is 20.9 Å². The van der Waals surface area contributed by atoms with Crippen molar-refractivity contribution in [2.24, 2.45) is 0 Å². The van der Waals surface area contributed by atoms with Gasteiger partial charge in [-0.1, -0.05) is 12.1 Å². The molecule has 120 valence electrons. The van der Waals surface area contributed by atoms with E-state index in [9.17, 15) is 4.79 Å². The van der Waals surface area contributed by atoms with Crippen molar-refractivity contribution in [3.63, 3.8) is 0 Å². The molecule has 24 heavy (non-hydrogen) atoms. The fourth-order valence-corrected chi connectivity index (χ4v) is 3.76. The lowest BCUT2D eigenvalue weighted by molar-refractivity contribution is 0.0785. The van der Waals surface area contributed by atoms with E-state index in [1.165, 1.54) is 0 Å². The van der Waals surface area contributed by atoms with Gasteiger partial charge < -0.3 is 9.88 Å². The van der Waals surface area contributed by atoms with Crippen molar-refractivity contribution in [1.29, 1.82) is 0 Å².